The van der Waals surface area contributed by atoms with Crippen LogP contribution in [0.2, 0.25) is 0 Å². The van der Waals surface area contributed by atoms with Crippen LogP contribution in [-0.4, -0.2) is 38.4 Å². The highest BCUT2D eigenvalue weighted by Gasteiger charge is 2.36. The molecule has 4 nitrogen and oxygen atoms in total. The van der Waals surface area contributed by atoms with E-state index in [1.807, 2.05) is 0 Å². The Morgan fingerprint density at radius 3 is 2.90 bits per heavy atom. The van der Waals surface area contributed by atoms with Gasteiger partial charge in [-0.2, -0.15) is 0 Å². The SMILES string of the molecule is CN1C(=O)CCOc2ccc(C#CC3(F)COC3)cc21. The van der Waals surface area contributed by atoms with Gasteiger partial charge in [-0.05, 0) is 18.2 Å². The van der Waals surface area contributed by atoms with E-state index in [0.29, 0.717) is 30.0 Å². The van der Waals surface area contributed by atoms with Gasteiger partial charge in [0.1, 0.15) is 5.75 Å². The fourth-order valence-electron chi connectivity index (χ4n) is 2.07. The van der Waals surface area contributed by atoms with Gasteiger partial charge < -0.3 is 14.4 Å². The molecular weight excluding hydrogens is 261 g/mol. The Balaban J connectivity index is 1.91. The lowest BCUT2D eigenvalue weighted by molar-refractivity contribution is -0.118. The van der Waals surface area contributed by atoms with Gasteiger partial charge in [-0.1, -0.05) is 11.8 Å². The molecule has 1 amide bonds. The fraction of sp³-hybridized carbons (Fsp3) is 0.400. The zero-order valence-electron chi connectivity index (χ0n) is 11.1. The molecule has 1 saturated heterocycles. The molecule has 5 heteroatoms. The number of fused-ring (bicyclic) bond motifs is 1. The number of benzene rings is 1. The molecule has 20 heavy (non-hydrogen) atoms. The molecule has 0 aliphatic carbocycles. The Bertz CT molecular complexity index is 613. The molecule has 1 aromatic rings. The van der Waals surface area contributed by atoms with Crippen molar-refractivity contribution in [3.8, 4) is 17.6 Å². The van der Waals surface area contributed by atoms with Gasteiger partial charge in [0, 0.05) is 12.6 Å². The minimum absolute atomic E-state index is 0.0109. The molecule has 2 heterocycles. The van der Waals surface area contributed by atoms with Crippen molar-refractivity contribution < 1.29 is 18.7 Å². The summed E-state index contributed by atoms with van der Waals surface area (Å²) in [7, 11) is 1.70. The van der Waals surface area contributed by atoms with E-state index in [0.717, 1.165) is 0 Å². The highest BCUT2D eigenvalue weighted by molar-refractivity contribution is 5.95. The third-order valence-corrected chi connectivity index (χ3v) is 3.36. The van der Waals surface area contributed by atoms with Crippen LogP contribution >= 0.6 is 0 Å². The number of anilines is 1. The van der Waals surface area contributed by atoms with Gasteiger partial charge in [0.05, 0.1) is 31.9 Å². The van der Waals surface area contributed by atoms with Crippen molar-refractivity contribution in [2.75, 3.05) is 31.8 Å². The molecule has 2 aliphatic rings. The molecule has 2 aliphatic heterocycles. The number of nitrogens with zero attached hydrogens (tertiary/aromatic N) is 1. The third kappa shape index (κ3) is 2.35. The van der Waals surface area contributed by atoms with Crippen molar-refractivity contribution in [1.82, 2.24) is 0 Å². The molecule has 1 fully saturated rings. The van der Waals surface area contributed by atoms with Crippen LogP contribution in [0.5, 0.6) is 5.75 Å². The quantitative estimate of drug-likeness (QED) is 0.674. The first kappa shape index (κ1) is 12.9. The summed E-state index contributed by atoms with van der Waals surface area (Å²) in [4.78, 5) is 13.3. The lowest BCUT2D eigenvalue weighted by atomic mass is 10.0. The van der Waals surface area contributed by atoms with Crippen molar-refractivity contribution in [3.05, 3.63) is 23.8 Å². The number of rotatable bonds is 0. The van der Waals surface area contributed by atoms with Crippen molar-refractivity contribution >= 4 is 11.6 Å². The Morgan fingerprint density at radius 2 is 2.20 bits per heavy atom. The summed E-state index contributed by atoms with van der Waals surface area (Å²) in [6.07, 6.45) is 0.344. The van der Waals surface area contributed by atoms with E-state index < -0.39 is 5.67 Å². The summed E-state index contributed by atoms with van der Waals surface area (Å²) in [5.41, 5.74) is -0.222. The molecule has 0 bridgehead atoms. The normalized spacial score (nSPS) is 19.9. The molecule has 0 aromatic heterocycles. The summed E-state index contributed by atoms with van der Waals surface area (Å²) in [6, 6.07) is 5.27. The van der Waals surface area contributed by atoms with Gasteiger partial charge in [0.25, 0.3) is 0 Å². The van der Waals surface area contributed by atoms with E-state index in [9.17, 15) is 9.18 Å². The Hall–Kier alpha value is -2.06. The molecule has 0 atom stereocenters. The van der Waals surface area contributed by atoms with Gasteiger partial charge in [-0.25, -0.2) is 4.39 Å². The zero-order valence-corrected chi connectivity index (χ0v) is 11.1. The molecule has 3 rings (SSSR count). The first-order chi connectivity index (χ1) is 9.57. The number of halogens is 1. The summed E-state index contributed by atoms with van der Waals surface area (Å²) >= 11 is 0. The predicted octanol–water partition coefficient (Wildman–Crippen LogP) is 1.52. The standard InChI is InChI=1S/C15H14FNO3/c1-17-12-8-11(4-6-15(16)9-19-10-15)2-3-13(12)20-7-5-14(17)18/h2-3,8H,5,7,9-10H2,1H3. The van der Waals surface area contributed by atoms with Gasteiger partial charge >= 0.3 is 0 Å². The summed E-state index contributed by atoms with van der Waals surface area (Å²) in [5, 5.41) is 0. The average molecular weight is 275 g/mol. The van der Waals surface area contributed by atoms with E-state index in [1.54, 1.807) is 30.1 Å². The van der Waals surface area contributed by atoms with Crippen LogP contribution in [0, 0.1) is 11.8 Å². The predicted molar refractivity (Wildman–Crippen MR) is 71.5 cm³/mol. The van der Waals surface area contributed by atoms with Crippen LogP contribution in [0.15, 0.2) is 18.2 Å². The second kappa shape index (κ2) is 4.80. The van der Waals surface area contributed by atoms with Crippen LogP contribution < -0.4 is 9.64 Å². The first-order valence-corrected chi connectivity index (χ1v) is 6.41. The maximum Gasteiger partial charge on any atom is 0.230 e. The van der Waals surface area contributed by atoms with Gasteiger partial charge in [-0.3, -0.25) is 4.79 Å². The van der Waals surface area contributed by atoms with Crippen molar-refractivity contribution in [1.29, 1.82) is 0 Å². The lowest BCUT2D eigenvalue weighted by Gasteiger charge is -2.28. The Kier molecular flexibility index (Phi) is 3.11. The molecule has 0 radical (unpaired) electrons. The molecule has 0 spiro atoms. The molecular formula is C15H14FNO3. The monoisotopic (exact) mass is 275 g/mol. The highest BCUT2D eigenvalue weighted by atomic mass is 19.1. The number of alkyl halides is 1. The maximum absolute atomic E-state index is 13.7. The van der Waals surface area contributed by atoms with Crippen LogP contribution in [0.3, 0.4) is 0 Å². The second-order valence-corrected chi connectivity index (χ2v) is 4.94. The zero-order chi connectivity index (χ0) is 14.2. The third-order valence-electron chi connectivity index (χ3n) is 3.36. The molecule has 0 saturated carbocycles. The molecule has 1 aromatic carbocycles. The Morgan fingerprint density at radius 1 is 1.40 bits per heavy atom. The van der Waals surface area contributed by atoms with Crippen LogP contribution in [0.4, 0.5) is 10.1 Å². The number of carbonyl (C=O) groups excluding carboxylic acids is 1. The molecule has 104 valence electrons. The highest BCUT2D eigenvalue weighted by Crippen LogP contribution is 2.31. The summed E-state index contributed by atoms with van der Waals surface area (Å²) in [6.45, 7) is 0.408. The van der Waals surface area contributed by atoms with Crippen molar-refractivity contribution in [2.24, 2.45) is 0 Å². The summed E-state index contributed by atoms with van der Waals surface area (Å²) in [5.74, 6) is 6.00. The summed E-state index contributed by atoms with van der Waals surface area (Å²) < 4.78 is 24.1. The van der Waals surface area contributed by atoms with E-state index in [2.05, 4.69) is 11.8 Å². The van der Waals surface area contributed by atoms with E-state index in [1.165, 1.54) is 0 Å². The number of ether oxygens (including phenoxy) is 2. The van der Waals surface area contributed by atoms with Gasteiger partial charge in [0.15, 0.2) is 0 Å². The number of hydrogen-bond acceptors (Lipinski definition) is 3. The number of carbonyl (C=O) groups is 1. The molecule has 0 unspecified atom stereocenters. The number of hydrogen-bond donors (Lipinski definition) is 0. The first-order valence-electron chi connectivity index (χ1n) is 6.41. The minimum atomic E-state index is -1.54. The molecule has 0 N–H and O–H groups in total. The minimum Gasteiger partial charge on any atom is -0.491 e. The number of amides is 1. The van der Waals surface area contributed by atoms with Crippen LogP contribution in [-0.2, 0) is 9.53 Å². The Labute approximate surface area is 116 Å². The average Bonchev–Trinajstić information content (AvgIpc) is 2.55. The lowest BCUT2D eigenvalue weighted by Crippen LogP contribution is -2.44. The van der Waals surface area contributed by atoms with Gasteiger partial charge in [0.2, 0.25) is 11.6 Å². The maximum atomic E-state index is 13.7. The smallest absolute Gasteiger partial charge is 0.230 e. The van der Waals surface area contributed by atoms with Crippen LogP contribution in [0.1, 0.15) is 12.0 Å². The van der Waals surface area contributed by atoms with E-state index in [-0.39, 0.29) is 19.1 Å². The topological polar surface area (TPSA) is 38.8 Å². The second-order valence-electron chi connectivity index (χ2n) is 4.94. The van der Waals surface area contributed by atoms with E-state index >= 15 is 0 Å². The van der Waals surface area contributed by atoms with Crippen molar-refractivity contribution in [3.63, 3.8) is 0 Å². The largest absolute Gasteiger partial charge is 0.491 e. The fourth-order valence-corrected chi connectivity index (χ4v) is 2.07. The van der Waals surface area contributed by atoms with Crippen molar-refractivity contribution in [2.45, 2.75) is 12.1 Å². The van der Waals surface area contributed by atoms with Gasteiger partial charge in [-0.15, -0.1) is 0 Å². The van der Waals surface area contributed by atoms with E-state index in [4.69, 9.17) is 9.47 Å². The van der Waals surface area contributed by atoms with Crippen LogP contribution in [0.25, 0.3) is 0 Å².